The number of benzene rings is 1. The summed E-state index contributed by atoms with van der Waals surface area (Å²) in [5.74, 6) is -1.13. The number of esters is 1. The van der Waals surface area contributed by atoms with Crippen LogP contribution in [0, 0.1) is 10.1 Å². The van der Waals surface area contributed by atoms with Gasteiger partial charge in [-0.15, -0.1) is 0 Å². The van der Waals surface area contributed by atoms with Crippen molar-refractivity contribution in [1.29, 1.82) is 0 Å². The lowest BCUT2D eigenvalue weighted by Gasteiger charge is -2.18. The summed E-state index contributed by atoms with van der Waals surface area (Å²) in [6.07, 6.45) is 1.20. The van der Waals surface area contributed by atoms with Gasteiger partial charge >= 0.3 is 5.97 Å². The number of nitro benzene ring substituents is 1. The molecule has 1 aliphatic heterocycles. The molecule has 0 aromatic heterocycles. The van der Waals surface area contributed by atoms with Crippen LogP contribution in [-0.2, 0) is 14.3 Å². The van der Waals surface area contributed by atoms with E-state index in [0.717, 1.165) is 18.1 Å². The molecule has 1 fully saturated rings. The zero-order valence-electron chi connectivity index (χ0n) is 14.9. The molecule has 1 aliphatic rings. The van der Waals surface area contributed by atoms with E-state index in [1.807, 2.05) is 0 Å². The zero-order chi connectivity index (χ0) is 20.3. The van der Waals surface area contributed by atoms with Crippen molar-refractivity contribution < 1.29 is 33.5 Å². The second-order valence-corrected chi connectivity index (χ2v) is 6.27. The van der Waals surface area contributed by atoms with Gasteiger partial charge in [0.15, 0.2) is 11.5 Å². The smallest absolute Gasteiger partial charge is 0.328 e. The summed E-state index contributed by atoms with van der Waals surface area (Å²) in [7, 11) is 3.83. The van der Waals surface area contributed by atoms with Gasteiger partial charge < -0.3 is 14.2 Å². The first-order chi connectivity index (χ1) is 12.7. The highest BCUT2D eigenvalue weighted by Crippen LogP contribution is 2.39. The summed E-state index contributed by atoms with van der Waals surface area (Å²) in [5, 5.41) is 10.7. The third kappa shape index (κ3) is 3.87. The normalized spacial score (nSPS) is 16.4. The summed E-state index contributed by atoms with van der Waals surface area (Å²) in [6.45, 7) is 1.35. The molecule has 0 N–H and O–H groups in total. The Morgan fingerprint density at radius 1 is 1.22 bits per heavy atom. The Balaban J connectivity index is 2.50. The molecule has 144 valence electrons. The van der Waals surface area contributed by atoms with Gasteiger partial charge in [-0.3, -0.25) is 24.6 Å². The van der Waals surface area contributed by atoms with E-state index < -0.39 is 28.1 Å². The van der Waals surface area contributed by atoms with Crippen LogP contribution in [0.1, 0.15) is 12.5 Å². The van der Waals surface area contributed by atoms with E-state index in [4.69, 9.17) is 9.47 Å². The Hall–Kier alpha value is -3.08. The summed E-state index contributed by atoms with van der Waals surface area (Å²) in [4.78, 5) is 47.7. The lowest BCUT2D eigenvalue weighted by molar-refractivity contribution is -0.385. The third-order valence-electron chi connectivity index (χ3n) is 3.77. The number of carbonyl (C=O) groups is 3. The molecule has 2 amide bonds. The topological polar surface area (TPSA) is 125 Å². The van der Waals surface area contributed by atoms with Crippen molar-refractivity contribution in [2.45, 2.75) is 13.0 Å². The second-order valence-electron chi connectivity index (χ2n) is 5.27. The monoisotopic (exact) mass is 396 g/mol. The van der Waals surface area contributed by atoms with Crippen LogP contribution in [0.5, 0.6) is 11.5 Å². The van der Waals surface area contributed by atoms with Gasteiger partial charge in [0.2, 0.25) is 0 Å². The van der Waals surface area contributed by atoms with Crippen LogP contribution in [-0.4, -0.2) is 54.3 Å². The SMILES string of the molecule is COC(=O)[C@@H](C)N1C(=O)S/C(=C\c2cc(OC)c(OC)cc2[N+](=O)[O-])C1=O. The Bertz CT molecular complexity index is 851. The van der Waals surface area contributed by atoms with Gasteiger partial charge in [-0.2, -0.15) is 0 Å². The number of hydrogen-bond donors (Lipinski definition) is 0. The molecule has 1 aromatic carbocycles. The predicted octanol–water partition coefficient (Wildman–Crippen LogP) is 2.21. The minimum atomic E-state index is -1.12. The Labute approximate surface area is 158 Å². The number of hydrogen-bond acceptors (Lipinski definition) is 9. The first kappa shape index (κ1) is 20.2. The van der Waals surface area contributed by atoms with E-state index >= 15 is 0 Å². The Kier molecular flexibility index (Phi) is 6.05. The fraction of sp³-hybridized carbons (Fsp3) is 0.312. The van der Waals surface area contributed by atoms with Gasteiger partial charge in [0.25, 0.3) is 16.8 Å². The second kappa shape index (κ2) is 8.08. The standard InChI is InChI=1S/C16H16N2O8S/c1-8(15(20)26-4)17-14(19)13(27-16(17)21)6-9-5-11(24-2)12(25-3)7-10(9)18(22)23/h5-8H,1-4H3/b13-6-/t8-/m1/s1. The van der Waals surface area contributed by atoms with Crippen LogP contribution in [0.4, 0.5) is 10.5 Å². The van der Waals surface area contributed by atoms with Crippen molar-refractivity contribution in [3.05, 3.63) is 32.7 Å². The quantitative estimate of drug-likeness (QED) is 0.308. The van der Waals surface area contributed by atoms with E-state index in [-0.39, 0.29) is 27.7 Å². The summed E-state index contributed by atoms with van der Waals surface area (Å²) in [5.41, 5.74) is -0.283. The first-order valence-electron chi connectivity index (χ1n) is 7.50. The molecule has 0 spiro atoms. The number of nitrogens with zero attached hydrogens (tertiary/aromatic N) is 2. The van der Waals surface area contributed by atoms with Crippen LogP contribution in [0.3, 0.4) is 0 Å². The molecule has 0 unspecified atom stereocenters. The molecule has 0 bridgehead atoms. The van der Waals surface area contributed by atoms with Crippen LogP contribution >= 0.6 is 11.8 Å². The minimum Gasteiger partial charge on any atom is -0.493 e. The maximum Gasteiger partial charge on any atom is 0.328 e. The van der Waals surface area contributed by atoms with Gasteiger partial charge in [0, 0.05) is 0 Å². The molecule has 1 atom stereocenters. The highest BCUT2D eigenvalue weighted by atomic mass is 32.2. The average molecular weight is 396 g/mol. The predicted molar refractivity (Wildman–Crippen MR) is 95.5 cm³/mol. The highest BCUT2D eigenvalue weighted by Gasteiger charge is 2.41. The van der Waals surface area contributed by atoms with Crippen molar-refractivity contribution in [3.8, 4) is 11.5 Å². The molecule has 0 radical (unpaired) electrons. The highest BCUT2D eigenvalue weighted by molar-refractivity contribution is 8.18. The summed E-state index contributed by atoms with van der Waals surface area (Å²) >= 11 is 0.573. The Morgan fingerprint density at radius 3 is 2.33 bits per heavy atom. The van der Waals surface area contributed by atoms with Crippen molar-refractivity contribution in [2.24, 2.45) is 0 Å². The van der Waals surface area contributed by atoms with Crippen molar-refractivity contribution in [1.82, 2.24) is 4.90 Å². The number of amides is 2. The Morgan fingerprint density at radius 2 is 1.81 bits per heavy atom. The number of methoxy groups -OCH3 is 3. The van der Waals surface area contributed by atoms with Crippen molar-refractivity contribution in [3.63, 3.8) is 0 Å². The molecule has 1 saturated heterocycles. The lowest BCUT2D eigenvalue weighted by atomic mass is 10.1. The molecule has 1 heterocycles. The molecular formula is C16H16N2O8S. The third-order valence-corrected chi connectivity index (χ3v) is 4.65. The fourth-order valence-electron chi connectivity index (χ4n) is 2.39. The van der Waals surface area contributed by atoms with Gasteiger partial charge in [-0.25, -0.2) is 4.79 Å². The largest absolute Gasteiger partial charge is 0.493 e. The molecule has 11 heteroatoms. The maximum absolute atomic E-state index is 12.5. The number of nitro groups is 1. The van der Waals surface area contributed by atoms with Crippen LogP contribution < -0.4 is 9.47 Å². The van der Waals surface area contributed by atoms with Crippen molar-refractivity contribution in [2.75, 3.05) is 21.3 Å². The number of imide groups is 1. The van der Waals surface area contributed by atoms with Crippen molar-refractivity contribution >= 4 is 40.6 Å². The van der Waals surface area contributed by atoms with E-state index in [9.17, 15) is 24.5 Å². The number of rotatable bonds is 6. The average Bonchev–Trinajstić information content (AvgIpc) is 2.92. The first-order valence-corrected chi connectivity index (χ1v) is 8.32. The zero-order valence-corrected chi connectivity index (χ0v) is 15.7. The lowest BCUT2D eigenvalue weighted by Crippen LogP contribution is -2.42. The molecule has 0 saturated carbocycles. The van der Waals surface area contributed by atoms with E-state index in [1.54, 1.807) is 0 Å². The minimum absolute atomic E-state index is 0.0499. The molecule has 27 heavy (non-hydrogen) atoms. The van der Waals surface area contributed by atoms with Gasteiger partial charge in [-0.05, 0) is 30.8 Å². The van der Waals surface area contributed by atoms with Crippen LogP contribution in [0.25, 0.3) is 6.08 Å². The van der Waals surface area contributed by atoms with Crippen LogP contribution in [0.2, 0.25) is 0 Å². The van der Waals surface area contributed by atoms with E-state index in [0.29, 0.717) is 11.8 Å². The summed E-state index contributed by atoms with van der Waals surface area (Å²) in [6, 6.07) is 1.37. The molecule has 1 aromatic rings. The molecular weight excluding hydrogens is 380 g/mol. The number of thioether (sulfide) groups is 1. The fourth-order valence-corrected chi connectivity index (χ4v) is 3.29. The van der Waals surface area contributed by atoms with Crippen LogP contribution in [0.15, 0.2) is 17.0 Å². The summed E-state index contributed by atoms with van der Waals surface area (Å²) < 4.78 is 14.7. The number of ether oxygens (including phenoxy) is 3. The number of carbonyl (C=O) groups excluding carboxylic acids is 3. The molecule has 2 rings (SSSR count). The molecule has 10 nitrogen and oxygen atoms in total. The van der Waals surface area contributed by atoms with E-state index in [1.165, 1.54) is 33.3 Å². The maximum atomic E-state index is 12.5. The molecule has 0 aliphatic carbocycles. The van der Waals surface area contributed by atoms with Gasteiger partial charge in [0.1, 0.15) is 6.04 Å². The van der Waals surface area contributed by atoms with Gasteiger partial charge in [-0.1, -0.05) is 0 Å². The van der Waals surface area contributed by atoms with Gasteiger partial charge in [0.05, 0.1) is 42.8 Å². The van der Waals surface area contributed by atoms with E-state index in [2.05, 4.69) is 4.74 Å².